The lowest BCUT2D eigenvalue weighted by Gasteiger charge is -2.24. The van der Waals surface area contributed by atoms with Crippen LogP contribution in [0.3, 0.4) is 0 Å². The van der Waals surface area contributed by atoms with Crippen LogP contribution in [0.25, 0.3) is 76.1 Å². The Labute approximate surface area is 302 Å². The van der Waals surface area contributed by atoms with Crippen molar-refractivity contribution in [2.45, 2.75) is 0 Å². The third kappa shape index (κ3) is 4.53. The zero-order valence-electron chi connectivity index (χ0n) is 28.4. The summed E-state index contributed by atoms with van der Waals surface area (Å²) in [5.74, 6) is 0. The predicted octanol–water partition coefficient (Wildman–Crippen LogP) is 12.4. The van der Waals surface area contributed by atoms with Crippen LogP contribution in [0.2, 0.25) is 0 Å². The highest BCUT2D eigenvalue weighted by Gasteiger charge is 2.32. The van der Waals surface area contributed by atoms with Gasteiger partial charge in [-0.2, -0.15) is 0 Å². The predicted molar refractivity (Wildman–Crippen MR) is 224 cm³/mol. The Kier molecular flexibility index (Phi) is 7.17. The summed E-state index contributed by atoms with van der Waals surface area (Å²) < 4.78 is 15.8. The van der Waals surface area contributed by atoms with Crippen molar-refractivity contribution in [1.82, 2.24) is 0 Å². The van der Waals surface area contributed by atoms with E-state index >= 15 is 4.57 Å². The highest BCUT2D eigenvalue weighted by atomic mass is 31.2. The lowest BCUT2D eigenvalue weighted by molar-refractivity contribution is 0.592. The maximum absolute atomic E-state index is 15.8. The SMILES string of the molecule is O=P(c1ccccc1)(c1ccccc1)c1cccc2c(-c3c4ccccc4c(-c4ccccc4)c4c5ccccc5c5ccccc5c34)cccc12. The zero-order chi connectivity index (χ0) is 34.6. The van der Waals surface area contributed by atoms with E-state index in [1.807, 2.05) is 60.7 Å². The van der Waals surface area contributed by atoms with Crippen molar-refractivity contribution in [2.24, 2.45) is 0 Å². The Morgan fingerprint density at radius 1 is 0.288 bits per heavy atom. The molecule has 52 heavy (non-hydrogen) atoms. The molecule has 0 saturated carbocycles. The molecule has 0 spiro atoms. The van der Waals surface area contributed by atoms with Crippen LogP contribution in [0.15, 0.2) is 200 Å². The molecule has 0 saturated heterocycles. The molecule has 0 atom stereocenters. The maximum atomic E-state index is 15.8. The Balaban J connectivity index is 1.41. The van der Waals surface area contributed by atoms with Crippen molar-refractivity contribution >= 4 is 76.9 Å². The van der Waals surface area contributed by atoms with E-state index in [1.54, 1.807) is 0 Å². The molecular formula is C50H33OP. The normalized spacial score (nSPS) is 11.9. The summed E-state index contributed by atoms with van der Waals surface area (Å²) in [4.78, 5) is 0. The van der Waals surface area contributed by atoms with Gasteiger partial charge in [-0.05, 0) is 76.1 Å². The van der Waals surface area contributed by atoms with E-state index in [2.05, 4.69) is 140 Å². The van der Waals surface area contributed by atoms with Gasteiger partial charge in [-0.15, -0.1) is 0 Å². The van der Waals surface area contributed by atoms with E-state index in [4.69, 9.17) is 0 Å². The van der Waals surface area contributed by atoms with Crippen LogP contribution in [0.5, 0.6) is 0 Å². The Morgan fingerprint density at radius 2 is 0.692 bits per heavy atom. The first-order valence-corrected chi connectivity index (χ1v) is 19.5. The molecule has 10 aromatic rings. The number of hydrogen-bond acceptors (Lipinski definition) is 1. The molecule has 0 radical (unpaired) electrons. The van der Waals surface area contributed by atoms with E-state index in [0.29, 0.717) is 0 Å². The van der Waals surface area contributed by atoms with Gasteiger partial charge in [-0.1, -0.05) is 200 Å². The van der Waals surface area contributed by atoms with Crippen LogP contribution in [-0.2, 0) is 4.57 Å². The molecule has 0 N–H and O–H groups in total. The van der Waals surface area contributed by atoms with Crippen molar-refractivity contribution in [3.05, 3.63) is 200 Å². The van der Waals surface area contributed by atoms with E-state index in [9.17, 15) is 0 Å². The Hall–Kier alpha value is -6.27. The van der Waals surface area contributed by atoms with Gasteiger partial charge in [0.05, 0.1) is 0 Å². The monoisotopic (exact) mass is 680 g/mol. The molecule has 0 fully saturated rings. The molecule has 0 heterocycles. The quantitative estimate of drug-likeness (QED) is 0.100. The van der Waals surface area contributed by atoms with Gasteiger partial charge in [0.1, 0.15) is 0 Å². The minimum absolute atomic E-state index is 0.833. The fraction of sp³-hybridized carbons (Fsp3) is 0. The summed E-state index contributed by atoms with van der Waals surface area (Å²) in [6, 6.07) is 70.3. The molecule has 10 aromatic carbocycles. The Morgan fingerprint density at radius 3 is 1.27 bits per heavy atom. The van der Waals surface area contributed by atoms with Crippen LogP contribution in [0.1, 0.15) is 0 Å². The van der Waals surface area contributed by atoms with E-state index in [-0.39, 0.29) is 0 Å². The largest absolute Gasteiger partial charge is 0.309 e. The highest BCUT2D eigenvalue weighted by Crippen LogP contribution is 2.51. The first-order valence-electron chi connectivity index (χ1n) is 17.8. The summed E-state index contributed by atoms with van der Waals surface area (Å²) in [6.07, 6.45) is 0. The minimum atomic E-state index is -3.25. The number of fused-ring (bicyclic) bond motifs is 8. The lowest BCUT2D eigenvalue weighted by atomic mass is 9.81. The lowest BCUT2D eigenvalue weighted by Crippen LogP contribution is -2.25. The van der Waals surface area contributed by atoms with Gasteiger partial charge in [-0.25, -0.2) is 0 Å². The van der Waals surface area contributed by atoms with Gasteiger partial charge in [0.25, 0.3) is 0 Å². The third-order valence-corrected chi connectivity index (χ3v) is 13.8. The molecule has 0 aliphatic carbocycles. The molecule has 0 bridgehead atoms. The summed E-state index contributed by atoms with van der Waals surface area (Å²) in [6.45, 7) is 0. The fourth-order valence-corrected chi connectivity index (χ4v) is 11.4. The van der Waals surface area contributed by atoms with Gasteiger partial charge in [-0.3, -0.25) is 0 Å². The van der Waals surface area contributed by atoms with E-state index in [1.165, 1.54) is 59.8 Å². The minimum Gasteiger partial charge on any atom is -0.309 e. The molecule has 0 amide bonds. The number of rotatable bonds is 5. The zero-order valence-corrected chi connectivity index (χ0v) is 29.3. The molecule has 2 heteroatoms. The molecule has 244 valence electrons. The van der Waals surface area contributed by atoms with Gasteiger partial charge in [0.2, 0.25) is 0 Å². The molecule has 0 aliphatic heterocycles. The van der Waals surface area contributed by atoms with E-state index in [0.717, 1.165) is 32.2 Å². The van der Waals surface area contributed by atoms with Crippen molar-refractivity contribution in [3.8, 4) is 22.3 Å². The van der Waals surface area contributed by atoms with Gasteiger partial charge < -0.3 is 4.57 Å². The molecule has 0 aromatic heterocycles. The molecular weight excluding hydrogens is 648 g/mol. The molecule has 0 aliphatic rings. The van der Waals surface area contributed by atoms with Gasteiger partial charge in [0.15, 0.2) is 7.14 Å². The summed E-state index contributed by atoms with van der Waals surface area (Å²) >= 11 is 0. The smallest absolute Gasteiger partial charge is 0.171 e. The summed E-state index contributed by atoms with van der Waals surface area (Å²) in [5, 5.41) is 14.5. The topological polar surface area (TPSA) is 17.1 Å². The fourth-order valence-electron chi connectivity index (χ4n) is 8.52. The van der Waals surface area contributed by atoms with Crippen molar-refractivity contribution in [1.29, 1.82) is 0 Å². The average molecular weight is 681 g/mol. The second kappa shape index (κ2) is 12.2. The van der Waals surface area contributed by atoms with Gasteiger partial charge in [0, 0.05) is 15.9 Å². The summed E-state index contributed by atoms with van der Waals surface area (Å²) in [5.41, 5.74) is 4.77. The second-order valence-corrected chi connectivity index (χ2v) is 16.2. The van der Waals surface area contributed by atoms with Crippen LogP contribution in [0.4, 0.5) is 0 Å². The van der Waals surface area contributed by atoms with Crippen molar-refractivity contribution in [2.75, 3.05) is 0 Å². The standard InChI is InChI=1S/C50H33OP/c51-52(35-20-6-2-7-21-35,36-22-8-3-9-23-36)46-33-17-30-39-40(46)31-16-32-41(39)48-45-29-15-14-28-44(45)47(34-18-4-1-5-19-34)49-42-26-12-10-24-37(42)38-25-11-13-27-43(38)50(48)49/h1-33H. The number of benzene rings is 10. The second-order valence-electron chi connectivity index (χ2n) is 13.5. The Bertz CT molecular complexity index is 2980. The maximum Gasteiger partial charge on any atom is 0.171 e. The number of hydrogen-bond donors (Lipinski definition) is 0. The van der Waals surface area contributed by atoms with Gasteiger partial charge >= 0.3 is 0 Å². The highest BCUT2D eigenvalue weighted by molar-refractivity contribution is 7.85. The average Bonchev–Trinajstić information content (AvgIpc) is 3.23. The molecule has 1 nitrogen and oxygen atoms in total. The first-order chi connectivity index (χ1) is 25.7. The van der Waals surface area contributed by atoms with Crippen LogP contribution in [-0.4, -0.2) is 0 Å². The molecule has 0 unspecified atom stereocenters. The first kappa shape index (κ1) is 30.5. The molecule has 10 rings (SSSR count). The van der Waals surface area contributed by atoms with Crippen LogP contribution < -0.4 is 15.9 Å². The van der Waals surface area contributed by atoms with Crippen LogP contribution in [0, 0.1) is 0 Å². The van der Waals surface area contributed by atoms with E-state index < -0.39 is 7.14 Å². The van der Waals surface area contributed by atoms with Crippen LogP contribution >= 0.6 is 7.14 Å². The van der Waals surface area contributed by atoms with Crippen molar-refractivity contribution in [3.63, 3.8) is 0 Å². The summed E-state index contributed by atoms with van der Waals surface area (Å²) in [7, 11) is -3.25. The third-order valence-electron chi connectivity index (χ3n) is 10.7. The van der Waals surface area contributed by atoms with Crippen molar-refractivity contribution < 1.29 is 4.57 Å².